The van der Waals surface area contributed by atoms with Crippen LogP contribution in [-0.2, 0) is 33.1 Å². The summed E-state index contributed by atoms with van der Waals surface area (Å²) in [5.41, 5.74) is 1.33. The van der Waals surface area contributed by atoms with E-state index in [2.05, 4.69) is 16.9 Å². The molecule has 0 saturated carbocycles. The highest BCUT2D eigenvalue weighted by Crippen LogP contribution is 2.27. The van der Waals surface area contributed by atoms with E-state index < -0.39 is 25.5 Å². The first-order valence-electron chi connectivity index (χ1n) is 14.4. The van der Waals surface area contributed by atoms with Gasteiger partial charge in [-0.1, -0.05) is 96.7 Å². The van der Waals surface area contributed by atoms with E-state index in [9.17, 15) is 25.9 Å². The molecule has 0 bridgehead atoms. The van der Waals surface area contributed by atoms with Crippen molar-refractivity contribution >= 4 is 48.4 Å². The number of unbranched alkanes of at least 4 members (excludes halogenated alkanes) is 11. The lowest BCUT2D eigenvalue weighted by molar-refractivity contribution is 0.458. The van der Waals surface area contributed by atoms with Gasteiger partial charge in [-0.15, -0.1) is 0 Å². The molecule has 1 atom stereocenters. The summed E-state index contributed by atoms with van der Waals surface area (Å²) < 4.78 is 66.5. The predicted octanol–water partition coefficient (Wildman–Crippen LogP) is 7.41. The quantitative estimate of drug-likeness (QED) is 0.0763. The number of thiocarbonyl (C=S) groups is 1. The summed E-state index contributed by atoms with van der Waals surface area (Å²) in [6.07, 6.45) is 16.6. The van der Waals surface area contributed by atoms with Crippen molar-refractivity contribution in [1.29, 1.82) is 0 Å². The van der Waals surface area contributed by atoms with E-state index in [1.165, 1.54) is 69.9 Å². The van der Waals surface area contributed by atoms with E-state index >= 15 is 0 Å². The fourth-order valence-electron chi connectivity index (χ4n) is 5.01. The topological polar surface area (TPSA) is 137 Å². The molecule has 3 N–H and O–H groups in total. The molecule has 11 heteroatoms. The Morgan fingerprint density at radius 3 is 1.97 bits per heavy atom. The zero-order chi connectivity index (χ0) is 28.9. The van der Waals surface area contributed by atoms with Gasteiger partial charge < -0.3 is 4.98 Å². The molecule has 0 amide bonds. The molecule has 2 rings (SSSR count). The van der Waals surface area contributed by atoms with Gasteiger partial charge in [-0.25, -0.2) is 4.98 Å². The van der Waals surface area contributed by atoms with Crippen LogP contribution in [0.15, 0.2) is 17.0 Å². The Morgan fingerprint density at radius 2 is 1.46 bits per heavy atom. The lowest BCUT2D eigenvalue weighted by Crippen LogP contribution is -2.20. The highest BCUT2D eigenvalue weighted by Gasteiger charge is 2.23. The second-order valence-corrected chi connectivity index (χ2v) is 14.2. The molecular weight excluding hydrogens is 557 g/mol. The summed E-state index contributed by atoms with van der Waals surface area (Å²) >= 11 is 5.60. The van der Waals surface area contributed by atoms with Crippen molar-refractivity contribution in [3.05, 3.63) is 23.5 Å². The number of hydrogen-bond donors (Lipinski definition) is 3. The smallest absolute Gasteiger partial charge is 0.294 e. The van der Waals surface area contributed by atoms with Crippen LogP contribution in [0.1, 0.15) is 122 Å². The maximum absolute atomic E-state index is 12.1. The summed E-state index contributed by atoms with van der Waals surface area (Å²) in [5, 5.41) is -0.901. The van der Waals surface area contributed by atoms with Crippen LogP contribution >= 0.6 is 12.2 Å². The van der Waals surface area contributed by atoms with Crippen LogP contribution in [-0.4, -0.2) is 46.0 Å². The molecule has 0 aliphatic rings. The minimum atomic E-state index is -4.48. The molecule has 1 heterocycles. The average Bonchev–Trinajstić information content (AvgIpc) is 3.27. The van der Waals surface area contributed by atoms with Crippen molar-refractivity contribution in [3.63, 3.8) is 0 Å². The molecule has 1 unspecified atom stereocenters. The number of nitrogens with one attached hydrogen (secondary N) is 1. The van der Waals surface area contributed by atoms with Crippen LogP contribution in [0.5, 0.6) is 0 Å². The Kier molecular flexibility index (Phi) is 14.5. The molecule has 0 fully saturated rings. The van der Waals surface area contributed by atoms with Gasteiger partial charge in [0.05, 0.1) is 21.2 Å². The third kappa shape index (κ3) is 11.9. The van der Waals surface area contributed by atoms with Crippen LogP contribution in [0.4, 0.5) is 0 Å². The zero-order valence-electron chi connectivity index (χ0n) is 23.5. The highest BCUT2D eigenvalue weighted by atomic mass is 32.2. The molecule has 0 aliphatic heterocycles. The van der Waals surface area contributed by atoms with Gasteiger partial charge in [-0.3, -0.25) is 9.11 Å². The molecule has 0 spiro atoms. The summed E-state index contributed by atoms with van der Waals surface area (Å²) in [6, 6.07) is 2.88. The Morgan fingerprint density at radius 1 is 0.897 bits per heavy atom. The predicted molar refractivity (Wildman–Crippen MR) is 162 cm³/mol. The van der Waals surface area contributed by atoms with Crippen LogP contribution in [0.2, 0.25) is 0 Å². The van der Waals surface area contributed by atoms with Gasteiger partial charge in [0.2, 0.25) is 0 Å². The van der Waals surface area contributed by atoms with Crippen LogP contribution in [0.3, 0.4) is 0 Å². The number of hydrogen-bond acceptors (Lipinski definition) is 6. The lowest BCUT2D eigenvalue weighted by Gasteiger charge is -2.10. The van der Waals surface area contributed by atoms with E-state index in [1.54, 1.807) is 6.92 Å². The van der Waals surface area contributed by atoms with Gasteiger partial charge in [-0.05, 0) is 42.7 Å². The second kappa shape index (κ2) is 16.8. The molecule has 1 aromatic heterocycles. The van der Waals surface area contributed by atoms with Gasteiger partial charge in [0.25, 0.3) is 20.2 Å². The van der Waals surface area contributed by atoms with Crippen molar-refractivity contribution < 1.29 is 25.9 Å². The fourth-order valence-corrected chi connectivity index (χ4v) is 6.85. The van der Waals surface area contributed by atoms with Gasteiger partial charge in [0.15, 0.2) is 0 Å². The summed E-state index contributed by atoms with van der Waals surface area (Å²) in [7, 11) is -8.64. The Hall–Kier alpha value is -1.40. The fraction of sp³-hybridized carbons (Fsp3) is 0.714. The first-order valence-corrected chi connectivity index (χ1v) is 17.8. The van der Waals surface area contributed by atoms with Crippen molar-refractivity contribution in [2.24, 2.45) is 0 Å². The Balaban J connectivity index is 1.92. The van der Waals surface area contributed by atoms with Gasteiger partial charge in [-0.2, -0.15) is 16.8 Å². The number of aromatic nitrogens is 2. The SMILES string of the molecule is CCCCCCCCCCCCCCC(=S)Cc1c(S(=O)(=O)O)ccc2[nH]c(CCC(CC)S(=O)(=O)O)nc12. The molecular formula is C28H46N2O6S3. The third-order valence-corrected chi connectivity index (χ3v) is 10.0. The third-order valence-electron chi connectivity index (χ3n) is 7.31. The molecule has 39 heavy (non-hydrogen) atoms. The largest absolute Gasteiger partial charge is 0.342 e. The molecule has 1 aromatic carbocycles. The summed E-state index contributed by atoms with van der Waals surface area (Å²) in [6.45, 7) is 3.92. The standard InChI is InChI=1S/C28H46N2O6S3/c1-3-5-6-7-8-9-10-11-12-13-14-15-16-22(37)21-24-26(39(34,35)36)19-18-25-28(24)30-27(29-25)20-17-23(4-2)38(31,32)33/h18-19,23H,3-17,20-21H2,1-2H3,(H,29,30)(H,31,32,33)(H,34,35,36). The van der Waals surface area contributed by atoms with Gasteiger partial charge in [0.1, 0.15) is 5.82 Å². The summed E-state index contributed by atoms with van der Waals surface area (Å²) in [5.74, 6) is 0.479. The van der Waals surface area contributed by atoms with Crippen LogP contribution in [0, 0.1) is 0 Å². The van der Waals surface area contributed by atoms with Crippen LogP contribution in [0.25, 0.3) is 11.0 Å². The van der Waals surface area contributed by atoms with Gasteiger partial charge in [0, 0.05) is 18.4 Å². The van der Waals surface area contributed by atoms with Crippen molar-refractivity contribution in [1.82, 2.24) is 9.97 Å². The van der Waals surface area contributed by atoms with E-state index in [1.807, 2.05) is 0 Å². The number of fused-ring (bicyclic) bond motifs is 1. The molecule has 0 saturated heterocycles. The Bertz CT molecular complexity index is 1260. The average molecular weight is 603 g/mol. The van der Waals surface area contributed by atoms with Crippen molar-refractivity contribution in [2.75, 3.05) is 0 Å². The number of aromatic amines is 1. The normalized spacial score (nSPS) is 13.2. The Labute approximate surface area is 240 Å². The van der Waals surface area contributed by atoms with Crippen molar-refractivity contribution in [3.8, 4) is 0 Å². The van der Waals surface area contributed by atoms with Crippen molar-refractivity contribution in [2.45, 2.75) is 133 Å². The molecule has 2 aromatic rings. The number of nitrogens with zero attached hydrogens (tertiary/aromatic N) is 1. The van der Waals surface area contributed by atoms with E-state index in [4.69, 9.17) is 12.2 Å². The second-order valence-electron chi connectivity index (χ2n) is 10.5. The first-order chi connectivity index (χ1) is 18.5. The lowest BCUT2D eigenvalue weighted by atomic mass is 10.0. The molecule has 222 valence electrons. The maximum atomic E-state index is 12.1. The van der Waals surface area contributed by atoms with E-state index in [0.29, 0.717) is 33.7 Å². The highest BCUT2D eigenvalue weighted by molar-refractivity contribution is 7.86. The van der Waals surface area contributed by atoms with E-state index in [-0.39, 0.29) is 30.6 Å². The minimum absolute atomic E-state index is 0.174. The number of rotatable bonds is 21. The maximum Gasteiger partial charge on any atom is 0.294 e. The number of benzene rings is 1. The first kappa shape index (κ1) is 33.8. The van der Waals surface area contributed by atoms with Crippen LogP contribution < -0.4 is 0 Å². The molecule has 8 nitrogen and oxygen atoms in total. The number of H-pyrrole nitrogens is 1. The summed E-state index contributed by atoms with van der Waals surface area (Å²) in [4.78, 5) is 8.13. The number of imidazole rings is 1. The zero-order valence-corrected chi connectivity index (χ0v) is 25.9. The monoisotopic (exact) mass is 602 g/mol. The minimum Gasteiger partial charge on any atom is -0.342 e. The molecule has 0 radical (unpaired) electrons. The van der Waals surface area contributed by atoms with Gasteiger partial charge >= 0.3 is 0 Å². The molecule has 0 aliphatic carbocycles. The van der Waals surface area contributed by atoms with E-state index in [0.717, 1.165) is 19.3 Å². The number of aryl methyl sites for hydroxylation is 1.